The van der Waals surface area contributed by atoms with Crippen LogP contribution in [-0.4, -0.2) is 20.9 Å². The molecule has 1 aliphatic heterocycles. The van der Waals surface area contributed by atoms with Gasteiger partial charge in [0, 0.05) is 18.0 Å². The fourth-order valence-electron chi connectivity index (χ4n) is 3.18. The summed E-state index contributed by atoms with van der Waals surface area (Å²) in [5.74, 6) is 0.155. The van der Waals surface area contributed by atoms with Crippen molar-refractivity contribution in [2.45, 2.75) is 44.7 Å². The first kappa shape index (κ1) is 9.81. The summed E-state index contributed by atoms with van der Waals surface area (Å²) < 4.78 is 1.80. The molecule has 5 heteroatoms. The Hall–Kier alpha value is -1.39. The normalized spacial score (nSPS) is 28.2. The van der Waals surface area contributed by atoms with Gasteiger partial charge in [0.15, 0.2) is 0 Å². The van der Waals surface area contributed by atoms with Crippen molar-refractivity contribution in [2.75, 3.05) is 0 Å². The summed E-state index contributed by atoms with van der Waals surface area (Å²) in [4.78, 5) is 11.6. The van der Waals surface area contributed by atoms with Crippen molar-refractivity contribution in [1.82, 2.24) is 20.3 Å². The minimum absolute atomic E-state index is 0.0165. The molecule has 1 amide bonds. The van der Waals surface area contributed by atoms with Gasteiger partial charge in [-0.1, -0.05) is 24.5 Å². The Kier molecular flexibility index (Phi) is 2.19. The number of carbonyl (C=O) groups is 1. The molecule has 3 rings (SSSR count). The SMILES string of the molecule is O=C1CC2(CCCCC2)C(n2ccnn2)N1. The number of carbonyl (C=O) groups excluding carboxylic acids is 1. The Bertz CT molecular complexity index is 381. The number of aromatic nitrogens is 3. The van der Waals surface area contributed by atoms with E-state index in [0.29, 0.717) is 6.42 Å². The molecule has 5 nitrogen and oxygen atoms in total. The van der Waals surface area contributed by atoms with Crippen LogP contribution < -0.4 is 5.32 Å². The van der Waals surface area contributed by atoms with Crippen LogP contribution in [0.5, 0.6) is 0 Å². The minimum atomic E-state index is 0.0165. The van der Waals surface area contributed by atoms with Crippen LogP contribution in [0.2, 0.25) is 0 Å². The molecule has 1 atom stereocenters. The molecular formula is C11H16N4O. The average molecular weight is 220 g/mol. The Balaban J connectivity index is 1.93. The summed E-state index contributed by atoms with van der Waals surface area (Å²) in [5, 5.41) is 10.9. The second-order valence-corrected chi connectivity index (χ2v) is 4.95. The highest BCUT2D eigenvalue weighted by Gasteiger charge is 2.48. The molecule has 1 spiro atoms. The summed E-state index contributed by atoms with van der Waals surface area (Å²) in [6, 6.07) is 0. The van der Waals surface area contributed by atoms with Crippen LogP contribution in [0.15, 0.2) is 12.4 Å². The maximum atomic E-state index is 11.6. The second-order valence-electron chi connectivity index (χ2n) is 4.95. The van der Waals surface area contributed by atoms with Crippen molar-refractivity contribution in [2.24, 2.45) is 5.41 Å². The number of nitrogens with zero attached hydrogens (tertiary/aromatic N) is 3. The van der Waals surface area contributed by atoms with E-state index in [-0.39, 0.29) is 17.5 Å². The largest absolute Gasteiger partial charge is 0.334 e. The molecule has 86 valence electrons. The van der Waals surface area contributed by atoms with Crippen molar-refractivity contribution in [3.8, 4) is 0 Å². The number of amides is 1. The predicted octanol–water partition coefficient (Wildman–Crippen LogP) is 1.25. The monoisotopic (exact) mass is 220 g/mol. The van der Waals surface area contributed by atoms with Crippen LogP contribution in [0.3, 0.4) is 0 Å². The molecule has 1 N–H and O–H groups in total. The number of rotatable bonds is 1. The summed E-state index contributed by atoms with van der Waals surface area (Å²) in [6.07, 6.45) is 10.2. The molecule has 0 bridgehead atoms. The molecule has 1 saturated heterocycles. The molecule has 1 unspecified atom stereocenters. The zero-order valence-electron chi connectivity index (χ0n) is 9.22. The Morgan fingerprint density at radius 1 is 1.38 bits per heavy atom. The van der Waals surface area contributed by atoms with Gasteiger partial charge in [-0.3, -0.25) is 4.79 Å². The summed E-state index contributed by atoms with van der Waals surface area (Å²) in [6.45, 7) is 0. The van der Waals surface area contributed by atoms with Crippen molar-refractivity contribution >= 4 is 5.91 Å². The molecular weight excluding hydrogens is 204 g/mol. The van der Waals surface area contributed by atoms with Crippen molar-refractivity contribution in [3.05, 3.63) is 12.4 Å². The van der Waals surface area contributed by atoms with E-state index < -0.39 is 0 Å². The molecule has 2 aliphatic rings. The van der Waals surface area contributed by atoms with E-state index in [1.165, 1.54) is 19.3 Å². The standard InChI is InChI=1S/C11H16N4O/c16-9-8-11(4-2-1-3-5-11)10(13-9)15-7-6-12-14-15/h6-7,10H,1-5,8H2,(H,13,16). The topological polar surface area (TPSA) is 59.8 Å². The maximum Gasteiger partial charge on any atom is 0.222 e. The third kappa shape index (κ3) is 1.42. The fourth-order valence-corrected chi connectivity index (χ4v) is 3.18. The molecule has 0 radical (unpaired) electrons. The van der Waals surface area contributed by atoms with Gasteiger partial charge in [0.05, 0.1) is 6.20 Å². The van der Waals surface area contributed by atoms with Gasteiger partial charge in [-0.15, -0.1) is 5.10 Å². The van der Waals surface area contributed by atoms with E-state index in [1.54, 1.807) is 10.9 Å². The van der Waals surface area contributed by atoms with Gasteiger partial charge < -0.3 is 5.32 Å². The molecule has 2 fully saturated rings. The lowest BCUT2D eigenvalue weighted by molar-refractivity contribution is -0.120. The van der Waals surface area contributed by atoms with Gasteiger partial charge in [-0.2, -0.15) is 0 Å². The number of nitrogens with one attached hydrogen (secondary N) is 1. The van der Waals surface area contributed by atoms with E-state index in [0.717, 1.165) is 12.8 Å². The smallest absolute Gasteiger partial charge is 0.222 e. The minimum Gasteiger partial charge on any atom is -0.334 e. The third-order valence-electron chi connectivity index (χ3n) is 3.95. The van der Waals surface area contributed by atoms with Gasteiger partial charge in [0.25, 0.3) is 0 Å². The first-order chi connectivity index (χ1) is 7.80. The maximum absolute atomic E-state index is 11.6. The second kappa shape index (κ2) is 3.57. The molecule has 1 aromatic heterocycles. The van der Waals surface area contributed by atoms with Gasteiger partial charge in [-0.05, 0) is 12.8 Å². The van der Waals surface area contributed by atoms with Gasteiger partial charge in [0.2, 0.25) is 5.91 Å². The van der Waals surface area contributed by atoms with Crippen molar-refractivity contribution < 1.29 is 4.79 Å². The van der Waals surface area contributed by atoms with Crippen LogP contribution >= 0.6 is 0 Å². The Morgan fingerprint density at radius 3 is 2.88 bits per heavy atom. The number of hydrogen-bond donors (Lipinski definition) is 1. The van der Waals surface area contributed by atoms with Crippen LogP contribution in [0.25, 0.3) is 0 Å². The predicted molar refractivity (Wildman–Crippen MR) is 57.3 cm³/mol. The molecule has 1 aliphatic carbocycles. The third-order valence-corrected chi connectivity index (χ3v) is 3.95. The van der Waals surface area contributed by atoms with Crippen LogP contribution in [-0.2, 0) is 4.79 Å². The lowest BCUT2D eigenvalue weighted by atomic mass is 9.71. The van der Waals surface area contributed by atoms with Crippen LogP contribution in [0.4, 0.5) is 0 Å². The van der Waals surface area contributed by atoms with Crippen LogP contribution in [0, 0.1) is 5.41 Å². The average Bonchev–Trinajstić information content (AvgIpc) is 2.88. The Morgan fingerprint density at radius 2 is 2.19 bits per heavy atom. The van der Waals surface area contributed by atoms with Crippen LogP contribution in [0.1, 0.15) is 44.7 Å². The van der Waals surface area contributed by atoms with E-state index in [4.69, 9.17) is 0 Å². The summed E-state index contributed by atoms with van der Waals surface area (Å²) >= 11 is 0. The quantitative estimate of drug-likeness (QED) is 0.774. The highest BCUT2D eigenvalue weighted by molar-refractivity contribution is 5.79. The van der Waals surface area contributed by atoms with Crippen molar-refractivity contribution in [1.29, 1.82) is 0 Å². The lowest BCUT2D eigenvalue weighted by Crippen LogP contribution is -2.36. The summed E-state index contributed by atoms with van der Waals surface area (Å²) in [7, 11) is 0. The zero-order valence-corrected chi connectivity index (χ0v) is 9.22. The first-order valence-corrected chi connectivity index (χ1v) is 5.95. The van der Waals surface area contributed by atoms with E-state index in [9.17, 15) is 4.79 Å². The fraction of sp³-hybridized carbons (Fsp3) is 0.727. The van der Waals surface area contributed by atoms with E-state index in [1.807, 2.05) is 6.20 Å². The van der Waals surface area contributed by atoms with Gasteiger partial charge >= 0.3 is 0 Å². The molecule has 2 heterocycles. The lowest BCUT2D eigenvalue weighted by Gasteiger charge is -2.37. The zero-order chi connectivity index (χ0) is 11.0. The molecule has 1 saturated carbocycles. The summed E-state index contributed by atoms with van der Waals surface area (Å²) in [5.41, 5.74) is 0.0863. The van der Waals surface area contributed by atoms with Crippen molar-refractivity contribution in [3.63, 3.8) is 0 Å². The van der Waals surface area contributed by atoms with E-state index >= 15 is 0 Å². The van der Waals surface area contributed by atoms with Gasteiger partial charge in [0.1, 0.15) is 6.17 Å². The first-order valence-electron chi connectivity index (χ1n) is 5.95. The Labute approximate surface area is 94.2 Å². The highest BCUT2D eigenvalue weighted by atomic mass is 16.2. The van der Waals surface area contributed by atoms with E-state index in [2.05, 4.69) is 15.6 Å². The molecule has 0 aromatic carbocycles. The molecule has 16 heavy (non-hydrogen) atoms. The van der Waals surface area contributed by atoms with Gasteiger partial charge in [-0.25, -0.2) is 4.68 Å². The number of hydrogen-bond acceptors (Lipinski definition) is 3. The molecule has 1 aromatic rings. The highest BCUT2D eigenvalue weighted by Crippen LogP contribution is 2.49.